The Morgan fingerprint density at radius 2 is 1.85 bits per heavy atom. The number of amides is 1. The molecule has 0 unspecified atom stereocenters. The van der Waals surface area contributed by atoms with Crippen LogP contribution in [-0.2, 0) is 9.59 Å². The molecule has 0 saturated heterocycles. The summed E-state index contributed by atoms with van der Waals surface area (Å²) >= 11 is 0. The molecule has 0 aliphatic carbocycles. The molecular weight excluding hydrogens is 166 g/mol. The van der Waals surface area contributed by atoms with E-state index >= 15 is 0 Å². The second-order valence-electron chi connectivity index (χ2n) is 3.19. The molecule has 3 heteroatoms. The summed E-state index contributed by atoms with van der Waals surface area (Å²) in [6.07, 6.45) is 2.52. The van der Waals surface area contributed by atoms with E-state index in [-0.39, 0.29) is 18.2 Å². The van der Waals surface area contributed by atoms with Gasteiger partial charge in [-0.1, -0.05) is 20.3 Å². The first-order valence-corrected chi connectivity index (χ1v) is 4.89. The quantitative estimate of drug-likeness (QED) is 0.630. The van der Waals surface area contributed by atoms with E-state index in [4.69, 9.17) is 0 Å². The van der Waals surface area contributed by atoms with Crippen LogP contribution in [0.25, 0.3) is 0 Å². The van der Waals surface area contributed by atoms with Crippen LogP contribution >= 0.6 is 0 Å². The molecule has 0 aromatic rings. The summed E-state index contributed by atoms with van der Waals surface area (Å²) in [6.45, 7) is 6.39. The summed E-state index contributed by atoms with van der Waals surface area (Å²) in [6, 6.07) is 0. The molecule has 0 aromatic carbocycles. The normalized spacial score (nSPS) is 9.77. The number of ketones is 1. The van der Waals surface area contributed by atoms with Crippen molar-refractivity contribution in [3.63, 3.8) is 0 Å². The van der Waals surface area contributed by atoms with Gasteiger partial charge in [0, 0.05) is 19.9 Å². The SMILES string of the molecule is CCCCN(CC(=O)CC)C(C)=O. The molecular formula is C10H19NO2. The van der Waals surface area contributed by atoms with E-state index in [1.165, 1.54) is 6.92 Å². The molecule has 0 spiro atoms. The molecule has 76 valence electrons. The third kappa shape index (κ3) is 5.39. The minimum atomic E-state index is -0.00440. The third-order valence-corrected chi connectivity index (χ3v) is 1.99. The predicted octanol–water partition coefficient (Wildman–Crippen LogP) is 1.61. The first kappa shape index (κ1) is 12.1. The van der Waals surface area contributed by atoms with Gasteiger partial charge in [-0.15, -0.1) is 0 Å². The predicted molar refractivity (Wildman–Crippen MR) is 52.5 cm³/mol. The van der Waals surface area contributed by atoms with Crippen LogP contribution in [0.5, 0.6) is 0 Å². The molecule has 0 aliphatic rings. The van der Waals surface area contributed by atoms with Gasteiger partial charge >= 0.3 is 0 Å². The number of nitrogens with zero attached hydrogens (tertiary/aromatic N) is 1. The van der Waals surface area contributed by atoms with Gasteiger partial charge in [0.2, 0.25) is 5.91 Å². The maximum absolute atomic E-state index is 11.1. The largest absolute Gasteiger partial charge is 0.336 e. The van der Waals surface area contributed by atoms with E-state index < -0.39 is 0 Å². The highest BCUT2D eigenvalue weighted by Crippen LogP contribution is 1.97. The molecule has 1 amide bonds. The van der Waals surface area contributed by atoms with E-state index in [9.17, 15) is 9.59 Å². The van der Waals surface area contributed by atoms with Crippen LogP contribution in [0.4, 0.5) is 0 Å². The van der Waals surface area contributed by atoms with Gasteiger partial charge < -0.3 is 4.90 Å². The molecule has 3 nitrogen and oxygen atoms in total. The summed E-state index contributed by atoms with van der Waals surface area (Å²) in [5.41, 5.74) is 0. The second-order valence-corrected chi connectivity index (χ2v) is 3.19. The Bertz CT molecular complexity index is 178. The van der Waals surface area contributed by atoms with Crippen molar-refractivity contribution in [3.05, 3.63) is 0 Å². The number of hydrogen-bond acceptors (Lipinski definition) is 2. The summed E-state index contributed by atoms with van der Waals surface area (Å²) in [4.78, 5) is 23.8. The Labute approximate surface area is 80.1 Å². The van der Waals surface area contributed by atoms with Gasteiger partial charge in [0.1, 0.15) is 0 Å². The lowest BCUT2D eigenvalue weighted by Gasteiger charge is -2.19. The standard InChI is InChI=1S/C10H19NO2/c1-4-6-7-11(9(3)12)8-10(13)5-2/h4-8H2,1-3H3. The Morgan fingerprint density at radius 3 is 2.23 bits per heavy atom. The summed E-state index contributed by atoms with van der Waals surface area (Å²) in [7, 11) is 0. The maximum atomic E-state index is 11.1. The highest BCUT2D eigenvalue weighted by atomic mass is 16.2. The molecule has 0 N–H and O–H groups in total. The van der Waals surface area contributed by atoms with Crippen molar-refractivity contribution in [2.24, 2.45) is 0 Å². The van der Waals surface area contributed by atoms with E-state index in [1.54, 1.807) is 4.90 Å². The molecule has 0 saturated carbocycles. The fraction of sp³-hybridized carbons (Fsp3) is 0.800. The number of carbonyl (C=O) groups is 2. The molecule has 0 radical (unpaired) electrons. The van der Waals surface area contributed by atoms with Crippen molar-refractivity contribution in [1.82, 2.24) is 4.90 Å². The molecule has 0 fully saturated rings. The first-order valence-electron chi connectivity index (χ1n) is 4.89. The lowest BCUT2D eigenvalue weighted by molar-refractivity contribution is -0.133. The van der Waals surface area contributed by atoms with E-state index in [1.807, 2.05) is 6.92 Å². The van der Waals surface area contributed by atoms with Crippen molar-refractivity contribution < 1.29 is 9.59 Å². The van der Waals surface area contributed by atoms with E-state index in [0.29, 0.717) is 13.0 Å². The maximum Gasteiger partial charge on any atom is 0.219 e. The fourth-order valence-corrected chi connectivity index (χ4v) is 1.02. The molecule has 0 heterocycles. The Balaban J connectivity index is 3.94. The van der Waals surface area contributed by atoms with Crippen molar-refractivity contribution >= 4 is 11.7 Å². The average Bonchev–Trinajstić information content (AvgIpc) is 2.11. The summed E-state index contributed by atoms with van der Waals surface area (Å²) < 4.78 is 0. The second kappa shape index (κ2) is 6.63. The number of hydrogen-bond donors (Lipinski definition) is 0. The van der Waals surface area contributed by atoms with E-state index in [2.05, 4.69) is 6.92 Å². The minimum Gasteiger partial charge on any atom is -0.336 e. The average molecular weight is 185 g/mol. The van der Waals surface area contributed by atoms with Gasteiger partial charge in [-0.2, -0.15) is 0 Å². The third-order valence-electron chi connectivity index (χ3n) is 1.99. The van der Waals surface area contributed by atoms with Gasteiger partial charge in [-0.05, 0) is 6.42 Å². The minimum absolute atomic E-state index is 0.00440. The molecule has 13 heavy (non-hydrogen) atoms. The zero-order valence-electron chi connectivity index (χ0n) is 8.80. The summed E-state index contributed by atoms with van der Waals surface area (Å²) in [5.74, 6) is 0.126. The van der Waals surface area contributed by atoms with Crippen LogP contribution in [0.2, 0.25) is 0 Å². The Morgan fingerprint density at radius 1 is 1.23 bits per heavy atom. The monoisotopic (exact) mass is 185 g/mol. The van der Waals surface area contributed by atoms with Gasteiger partial charge in [-0.25, -0.2) is 0 Å². The molecule has 0 bridgehead atoms. The van der Waals surface area contributed by atoms with Gasteiger partial charge in [0.15, 0.2) is 5.78 Å². The van der Waals surface area contributed by atoms with Crippen molar-refractivity contribution in [1.29, 1.82) is 0 Å². The van der Waals surface area contributed by atoms with Gasteiger partial charge in [-0.3, -0.25) is 9.59 Å². The molecule has 0 aromatic heterocycles. The highest BCUT2D eigenvalue weighted by molar-refractivity contribution is 5.85. The van der Waals surface area contributed by atoms with Crippen LogP contribution in [0.15, 0.2) is 0 Å². The molecule has 0 rings (SSSR count). The van der Waals surface area contributed by atoms with Crippen LogP contribution in [0, 0.1) is 0 Å². The highest BCUT2D eigenvalue weighted by Gasteiger charge is 2.10. The number of rotatable bonds is 6. The van der Waals surface area contributed by atoms with Crippen LogP contribution in [0.3, 0.4) is 0 Å². The van der Waals surface area contributed by atoms with Crippen LogP contribution in [0.1, 0.15) is 40.0 Å². The fourth-order valence-electron chi connectivity index (χ4n) is 1.02. The first-order chi connectivity index (χ1) is 6.11. The van der Waals surface area contributed by atoms with Gasteiger partial charge in [0.25, 0.3) is 0 Å². The van der Waals surface area contributed by atoms with Gasteiger partial charge in [0.05, 0.1) is 6.54 Å². The van der Waals surface area contributed by atoms with Crippen LogP contribution in [-0.4, -0.2) is 29.7 Å². The Hall–Kier alpha value is -0.860. The zero-order chi connectivity index (χ0) is 10.3. The van der Waals surface area contributed by atoms with Crippen molar-refractivity contribution in [2.75, 3.05) is 13.1 Å². The van der Waals surface area contributed by atoms with Crippen molar-refractivity contribution in [3.8, 4) is 0 Å². The Kier molecular flexibility index (Phi) is 6.20. The molecule has 0 aliphatic heterocycles. The lowest BCUT2D eigenvalue weighted by atomic mass is 10.2. The van der Waals surface area contributed by atoms with Crippen LogP contribution < -0.4 is 0 Å². The topological polar surface area (TPSA) is 37.4 Å². The lowest BCUT2D eigenvalue weighted by Crippen LogP contribution is -2.34. The smallest absolute Gasteiger partial charge is 0.219 e. The zero-order valence-corrected chi connectivity index (χ0v) is 8.80. The van der Waals surface area contributed by atoms with E-state index in [0.717, 1.165) is 12.8 Å². The summed E-state index contributed by atoms with van der Waals surface area (Å²) in [5, 5.41) is 0. The number of unbranched alkanes of at least 4 members (excludes halogenated alkanes) is 1. The number of carbonyl (C=O) groups excluding carboxylic acids is 2. The molecule has 0 atom stereocenters. The number of Topliss-reactive ketones (excluding diaryl/α,β-unsaturated/α-hetero) is 1. The van der Waals surface area contributed by atoms with Crippen molar-refractivity contribution in [2.45, 2.75) is 40.0 Å².